The second-order valence-corrected chi connectivity index (χ2v) is 5.11. The molecular formula is C10H15O3P. The van der Waals surface area contributed by atoms with Crippen LogP contribution in [0.5, 0.6) is 0 Å². The van der Waals surface area contributed by atoms with Crippen molar-refractivity contribution in [1.82, 2.24) is 0 Å². The van der Waals surface area contributed by atoms with Gasteiger partial charge in [-0.15, -0.1) is 0 Å². The summed E-state index contributed by atoms with van der Waals surface area (Å²) in [4.78, 5) is 17.3. The van der Waals surface area contributed by atoms with Crippen LogP contribution in [0, 0.1) is 0 Å². The fourth-order valence-electron chi connectivity index (χ4n) is 1.29. The fourth-order valence-corrected chi connectivity index (χ4v) is 1.93. The van der Waals surface area contributed by atoms with Crippen molar-refractivity contribution in [3.63, 3.8) is 0 Å². The van der Waals surface area contributed by atoms with E-state index < -0.39 is 7.60 Å². The molecule has 0 bridgehead atoms. The molecule has 78 valence electrons. The van der Waals surface area contributed by atoms with Crippen molar-refractivity contribution in [1.29, 1.82) is 0 Å². The number of benzene rings is 1. The van der Waals surface area contributed by atoms with Crippen LogP contribution in [0.2, 0.25) is 0 Å². The molecule has 0 spiro atoms. The normalized spacial score (nSPS) is 11.6. The number of aryl methyl sites for hydroxylation is 1. The molecule has 0 aromatic heterocycles. The third kappa shape index (κ3) is 5.18. The summed E-state index contributed by atoms with van der Waals surface area (Å²) in [5, 5.41) is 0. The van der Waals surface area contributed by atoms with E-state index in [4.69, 9.17) is 9.79 Å². The van der Waals surface area contributed by atoms with E-state index >= 15 is 0 Å². The van der Waals surface area contributed by atoms with Crippen molar-refractivity contribution in [3.05, 3.63) is 35.9 Å². The van der Waals surface area contributed by atoms with Gasteiger partial charge >= 0.3 is 7.60 Å². The third-order valence-corrected chi connectivity index (χ3v) is 2.91. The van der Waals surface area contributed by atoms with Gasteiger partial charge in [0, 0.05) is 6.16 Å². The molecule has 1 aromatic rings. The van der Waals surface area contributed by atoms with E-state index in [1.165, 1.54) is 5.56 Å². The lowest BCUT2D eigenvalue weighted by Gasteiger charge is -2.03. The highest BCUT2D eigenvalue weighted by atomic mass is 31.2. The summed E-state index contributed by atoms with van der Waals surface area (Å²) < 4.78 is 10.5. The van der Waals surface area contributed by atoms with Gasteiger partial charge in [-0.2, -0.15) is 0 Å². The van der Waals surface area contributed by atoms with Gasteiger partial charge in [-0.25, -0.2) is 0 Å². The number of unbranched alkanes of at least 4 members (excludes halogenated alkanes) is 1. The molecule has 1 aromatic carbocycles. The summed E-state index contributed by atoms with van der Waals surface area (Å²) >= 11 is 0. The van der Waals surface area contributed by atoms with Crippen molar-refractivity contribution in [3.8, 4) is 0 Å². The summed E-state index contributed by atoms with van der Waals surface area (Å²) in [5.41, 5.74) is 1.22. The second-order valence-electron chi connectivity index (χ2n) is 3.33. The molecule has 0 saturated heterocycles. The minimum absolute atomic E-state index is 0.000165. The molecule has 0 unspecified atom stereocenters. The highest BCUT2D eigenvalue weighted by Crippen LogP contribution is 2.35. The molecule has 2 N–H and O–H groups in total. The van der Waals surface area contributed by atoms with Crippen LogP contribution in [-0.2, 0) is 11.0 Å². The zero-order chi connectivity index (χ0) is 10.4. The molecule has 0 amide bonds. The molecule has 0 aliphatic rings. The van der Waals surface area contributed by atoms with Gasteiger partial charge in [0.25, 0.3) is 0 Å². The maximum Gasteiger partial charge on any atom is 0.325 e. The molecule has 1 rings (SSSR count). The van der Waals surface area contributed by atoms with Crippen LogP contribution in [0.25, 0.3) is 0 Å². The van der Waals surface area contributed by atoms with Crippen molar-refractivity contribution < 1.29 is 14.4 Å². The van der Waals surface area contributed by atoms with Gasteiger partial charge in [-0.3, -0.25) is 4.57 Å². The maximum absolute atomic E-state index is 10.5. The topological polar surface area (TPSA) is 57.5 Å². The Bertz CT molecular complexity index is 304. The Hall–Kier alpha value is -0.630. The van der Waals surface area contributed by atoms with Gasteiger partial charge in [0.05, 0.1) is 0 Å². The predicted octanol–water partition coefficient (Wildman–Crippen LogP) is 2.19. The first-order valence-electron chi connectivity index (χ1n) is 4.66. The smallest absolute Gasteiger partial charge is 0.324 e. The second kappa shape index (κ2) is 5.30. The Morgan fingerprint density at radius 3 is 2.29 bits per heavy atom. The molecule has 0 heterocycles. The Kier molecular flexibility index (Phi) is 4.33. The number of hydrogen-bond donors (Lipinski definition) is 2. The Morgan fingerprint density at radius 1 is 1.07 bits per heavy atom. The van der Waals surface area contributed by atoms with Crippen molar-refractivity contribution in [2.24, 2.45) is 0 Å². The Labute approximate surface area is 83.9 Å². The SMILES string of the molecule is O=P(O)(O)CCCCc1ccccc1. The highest BCUT2D eigenvalue weighted by molar-refractivity contribution is 7.51. The molecule has 3 nitrogen and oxygen atoms in total. The average molecular weight is 214 g/mol. The summed E-state index contributed by atoms with van der Waals surface area (Å²) in [5.74, 6) is 0. The number of hydrogen-bond acceptors (Lipinski definition) is 1. The minimum atomic E-state index is -3.79. The zero-order valence-corrected chi connectivity index (χ0v) is 8.86. The minimum Gasteiger partial charge on any atom is -0.324 e. The first-order chi connectivity index (χ1) is 6.58. The molecule has 0 saturated carbocycles. The summed E-state index contributed by atoms with van der Waals surface area (Å²) in [6.45, 7) is 0. The molecule has 0 atom stereocenters. The number of rotatable bonds is 5. The molecular weight excluding hydrogens is 199 g/mol. The highest BCUT2D eigenvalue weighted by Gasteiger charge is 2.10. The van der Waals surface area contributed by atoms with Gasteiger partial charge in [0.1, 0.15) is 0 Å². The van der Waals surface area contributed by atoms with Crippen molar-refractivity contribution in [2.75, 3.05) is 6.16 Å². The van der Waals surface area contributed by atoms with E-state index in [2.05, 4.69) is 0 Å². The molecule has 0 aliphatic carbocycles. The third-order valence-electron chi connectivity index (χ3n) is 2.01. The van der Waals surface area contributed by atoms with Crippen molar-refractivity contribution in [2.45, 2.75) is 19.3 Å². The van der Waals surface area contributed by atoms with Gasteiger partial charge in [0.2, 0.25) is 0 Å². The van der Waals surface area contributed by atoms with Gasteiger partial charge < -0.3 is 9.79 Å². The van der Waals surface area contributed by atoms with Gasteiger partial charge in [0.15, 0.2) is 0 Å². The van der Waals surface area contributed by atoms with E-state index in [-0.39, 0.29) is 6.16 Å². The largest absolute Gasteiger partial charge is 0.325 e. The molecule has 4 heteroatoms. The van der Waals surface area contributed by atoms with E-state index in [0.29, 0.717) is 6.42 Å². The standard InChI is InChI=1S/C10H15O3P/c11-14(12,13)9-5-4-8-10-6-2-1-3-7-10/h1-3,6-7H,4-5,8-9H2,(H2,11,12,13). The molecule has 0 fully saturated rings. The van der Waals surface area contributed by atoms with Crippen LogP contribution in [0.3, 0.4) is 0 Å². The van der Waals surface area contributed by atoms with E-state index in [1.807, 2.05) is 30.3 Å². The van der Waals surface area contributed by atoms with Crippen LogP contribution < -0.4 is 0 Å². The fraction of sp³-hybridized carbons (Fsp3) is 0.400. The van der Waals surface area contributed by atoms with Crippen LogP contribution in [-0.4, -0.2) is 15.9 Å². The lowest BCUT2D eigenvalue weighted by Crippen LogP contribution is -1.90. The van der Waals surface area contributed by atoms with Crippen molar-refractivity contribution >= 4 is 7.60 Å². The maximum atomic E-state index is 10.5. The molecule has 14 heavy (non-hydrogen) atoms. The van der Waals surface area contributed by atoms with Gasteiger partial charge in [-0.05, 0) is 24.8 Å². The summed E-state index contributed by atoms with van der Waals surface area (Å²) in [7, 11) is -3.79. The lowest BCUT2D eigenvalue weighted by molar-refractivity contribution is 0.371. The first kappa shape index (κ1) is 11.4. The lowest BCUT2D eigenvalue weighted by atomic mass is 10.1. The van der Waals surface area contributed by atoms with Crippen LogP contribution in [0.4, 0.5) is 0 Å². The monoisotopic (exact) mass is 214 g/mol. The van der Waals surface area contributed by atoms with E-state index in [9.17, 15) is 4.57 Å². The predicted molar refractivity (Wildman–Crippen MR) is 56.3 cm³/mol. The molecule has 0 aliphatic heterocycles. The zero-order valence-electron chi connectivity index (χ0n) is 7.97. The van der Waals surface area contributed by atoms with Crippen LogP contribution in [0.15, 0.2) is 30.3 Å². The average Bonchev–Trinajstić information content (AvgIpc) is 2.13. The van der Waals surface area contributed by atoms with E-state index in [0.717, 1.165) is 12.8 Å². The Morgan fingerprint density at radius 2 is 1.71 bits per heavy atom. The summed E-state index contributed by atoms with van der Waals surface area (Å²) in [6, 6.07) is 9.95. The summed E-state index contributed by atoms with van der Waals surface area (Å²) in [6.07, 6.45) is 2.30. The van der Waals surface area contributed by atoms with E-state index in [1.54, 1.807) is 0 Å². The van der Waals surface area contributed by atoms with Crippen LogP contribution in [0.1, 0.15) is 18.4 Å². The first-order valence-corrected chi connectivity index (χ1v) is 6.46. The quantitative estimate of drug-likeness (QED) is 0.583. The molecule has 0 radical (unpaired) electrons. The van der Waals surface area contributed by atoms with Crippen LogP contribution >= 0.6 is 7.60 Å². The Balaban J connectivity index is 2.20. The van der Waals surface area contributed by atoms with Gasteiger partial charge in [-0.1, -0.05) is 30.3 Å².